The van der Waals surface area contributed by atoms with Crippen LogP contribution in [0, 0.1) is 5.92 Å². The zero-order chi connectivity index (χ0) is 13.2. The monoisotopic (exact) mass is 266 g/mol. The van der Waals surface area contributed by atoms with Gasteiger partial charge in [-0.1, -0.05) is 31.4 Å². The van der Waals surface area contributed by atoms with Gasteiger partial charge in [-0.05, 0) is 30.4 Å². The molecule has 4 heteroatoms. The zero-order valence-electron chi connectivity index (χ0n) is 10.7. The van der Waals surface area contributed by atoms with Crippen molar-refractivity contribution in [1.29, 1.82) is 0 Å². The average molecular weight is 267 g/mol. The van der Waals surface area contributed by atoms with E-state index in [1.54, 1.807) is 18.5 Å². The maximum absolute atomic E-state index is 12.4. The molecule has 1 heterocycles. The largest absolute Gasteiger partial charge is 0.319 e. The highest BCUT2D eigenvalue weighted by Crippen LogP contribution is 2.32. The van der Waals surface area contributed by atoms with E-state index in [0.29, 0.717) is 17.4 Å². The van der Waals surface area contributed by atoms with Crippen molar-refractivity contribution in [1.82, 2.24) is 4.98 Å². The van der Waals surface area contributed by atoms with E-state index in [1.807, 2.05) is 0 Å². The summed E-state index contributed by atoms with van der Waals surface area (Å²) in [5.41, 5.74) is 6.44. The fourth-order valence-electron chi connectivity index (χ4n) is 2.74. The van der Waals surface area contributed by atoms with Crippen molar-refractivity contribution < 1.29 is 4.79 Å². The van der Waals surface area contributed by atoms with Crippen LogP contribution in [0.5, 0.6) is 0 Å². The number of halogens is 1. The average Bonchev–Trinajstić information content (AvgIpc) is 2.31. The van der Waals surface area contributed by atoms with Gasteiger partial charge in [0.1, 0.15) is 0 Å². The van der Waals surface area contributed by atoms with Crippen LogP contribution in [0.15, 0.2) is 18.5 Å². The van der Waals surface area contributed by atoms with Crippen LogP contribution in [0.2, 0.25) is 5.02 Å². The molecule has 0 bridgehead atoms. The van der Waals surface area contributed by atoms with E-state index in [-0.39, 0.29) is 5.78 Å². The minimum atomic E-state index is -0.662. The molecule has 0 aromatic carbocycles. The first-order valence-corrected chi connectivity index (χ1v) is 6.79. The van der Waals surface area contributed by atoms with Crippen molar-refractivity contribution in [3.05, 3.63) is 29.0 Å². The summed E-state index contributed by atoms with van der Waals surface area (Å²) >= 11 is 6.03. The van der Waals surface area contributed by atoms with Crippen molar-refractivity contribution in [3.8, 4) is 0 Å². The van der Waals surface area contributed by atoms with Crippen molar-refractivity contribution in [2.45, 2.75) is 44.6 Å². The Balaban J connectivity index is 2.10. The fourth-order valence-corrected chi connectivity index (χ4v) is 2.93. The molecule has 3 nitrogen and oxygen atoms in total. The van der Waals surface area contributed by atoms with Crippen LogP contribution in [0.25, 0.3) is 0 Å². The van der Waals surface area contributed by atoms with Gasteiger partial charge >= 0.3 is 0 Å². The Labute approximate surface area is 113 Å². The summed E-state index contributed by atoms with van der Waals surface area (Å²) in [6, 6.07) is 1.79. The highest BCUT2D eigenvalue weighted by atomic mass is 35.5. The van der Waals surface area contributed by atoms with Gasteiger partial charge in [-0.25, -0.2) is 0 Å². The lowest BCUT2D eigenvalue weighted by Crippen LogP contribution is -2.51. The fraction of sp³-hybridized carbons (Fsp3) is 0.571. The molecule has 0 saturated heterocycles. The lowest BCUT2D eigenvalue weighted by atomic mass is 9.73. The highest BCUT2D eigenvalue weighted by molar-refractivity contribution is 6.31. The summed E-state index contributed by atoms with van der Waals surface area (Å²) in [5.74, 6) is 0.628. The minimum absolute atomic E-state index is 0.0992. The van der Waals surface area contributed by atoms with Crippen LogP contribution >= 0.6 is 11.6 Å². The number of pyridine rings is 1. The molecule has 1 aromatic rings. The van der Waals surface area contributed by atoms with E-state index in [9.17, 15) is 4.79 Å². The molecule has 1 aromatic heterocycles. The number of carbonyl (C=O) groups is 1. The molecule has 2 unspecified atom stereocenters. The van der Waals surface area contributed by atoms with Gasteiger partial charge in [0.15, 0.2) is 5.78 Å². The second kappa shape index (κ2) is 5.37. The van der Waals surface area contributed by atoms with Crippen molar-refractivity contribution in [2.24, 2.45) is 11.7 Å². The number of aromatic nitrogens is 1. The van der Waals surface area contributed by atoms with Gasteiger partial charge in [-0.2, -0.15) is 0 Å². The van der Waals surface area contributed by atoms with Crippen molar-refractivity contribution >= 4 is 17.4 Å². The Hall–Kier alpha value is -0.930. The second-order valence-electron chi connectivity index (χ2n) is 5.42. The van der Waals surface area contributed by atoms with Gasteiger partial charge in [0, 0.05) is 18.8 Å². The van der Waals surface area contributed by atoms with Gasteiger partial charge in [0.2, 0.25) is 0 Å². The molecule has 1 saturated carbocycles. The molecule has 0 spiro atoms. The maximum atomic E-state index is 12.4. The maximum Gasteiger partial charge on any atom is 0.157 e. The zero-order valence-corrected chi connectivity index (χ0v) is 11.4. The van der Waals surface area contributed by atoms with Crippen LogP contribution in [0.1, 0.15) is 38.2 Å². The molecule has 0 aliphatic heterocycles. The number of ketones is 1. The molecule has 2 rings (SSSR count). The van der Waals surface area contributed by atoms with Gasteiger partial charge in [0.05, 0.1) is 10.6 Å². The molecule has 0 amide bonds. The molecule has 18 heavy (non-hydrogen) atoms. The summed E-state index contributed by atoms with van der Waals surface area (Å²) in [6.45, 7) is 2.16. The summed E-state index contributed by atoms with van der Waals surface area (Å²) in [5, 5.41) is 0.540. The SMILES string of the molecule is CC1CCCC(N)(C(=O)Cc2ccncc2Cl)C1. The molecule has 0 radical (unpaired) electrons. The number of Topliss-reactive ketones (excluding diaryl/α,β-unsaturated/α-hetero) is 1. The van der Waals surface area contributed by atoms with Crippen LogP contribution in [0.3, 0.4) is 0 Å². The standard InChI is InChI=1S/C14H19ClN2O/c1-10-3-2-5-14(16,8-10)13(18)7-11-4-6-17-9-12(11)15/h4,6,9-10H,2-3,5,7-8,16H2,1H3. The smallest absolute Gasteiger partial charge is 0.157 e. The van der Waals surface area contributed by atoms with E-state index < -0.39 is 5.54 Å². The third-order valence-electron chi connectivity index (χ3n) is 3.80. The summed E-state index contributed by atoms with van der Waals surface area (Å²) in [6.07, 6.45) is 7.31. The number of carbonyl (C=O) groups excluding carboxylic acids is 1. The van der Waals surface area contributed by atoms with Crippen LogP contribution in [-0.4, -0.2) is 16.3 Å². The molecule has 98 valence electrons. The Morgan fingerprint density at radius 3 is 3.11 bits per heavy atom. The first-order valence-electron chi connectivity index (χ1n) is 6.42. The van der Waals surface area contributed by atoms with Gasteiger partial charge in [-0.15, -0.1) is 0 Å². The van der Waals surface area contributed by atoms with Gasteiger partial charge in [-0.3, -0.25) is 9.78 Å². The van der Waals surface area contributed by atoms with Crippen LogP contribution < -0.4 is 5.73 Å². The van der Waals surface area contributed by atoms with Gasteiger partial charge in [0.25, 0.3) is 0 Å². The van der Waals surface area contributed by atoms with E-state index >= 15 is 0 Å². The molecular formula is C14H19ClN2O. The van der Waals surface area contributed by atoms with Crippen LogP contribution in [0.4, 0.5) is 0 Å². The number of hydrogen-bond acceptors (Lipinski definition) is 3. The van der Waals surface area contributed by atoms with Crippen LogP contribution in [-0.2, 0) is 11.2 Å². The summed E-state index contributed by atoms with van der Waals surface area (Å²) in [4.78, 5) is 16.3. The Bertz CT molecular complexity index is 449. The summed E-state index contributed by atoms with van der Waals surface area (Å²) < 4.78 is 0. The Morgan fingerprint density at radius 2 is 2.44 bits per heavy atom. The van der Waals surface area contributed by atoms with E-state index in [4.69, 9.17) is 17.3 Å². The first kappa shape index (κ1) is 13.5. The first-order chi connectivity index (χ1) is 8.51. The molecule has 1 aliphatic carbocycles. The van der Waals surface area contributed by atoms with Gasteiger partial charge < -0.3 is 5.73 Å². The lowest BCUT2D eigenvalue weighted by molar-refractivity contribution is -0.125. The lowest BCUT2D eigenvalue weighted by Gasteiger charge is -2.35. The Kier molecular flexibility index (Phi) is 4.03. The third kappa shape index (κ3) is 2.90. The molecule has 1 fully saturated rings. The van der Waals surface area contributed by atoms with Crippen molar-refractivity contribution in [2.75, 3.05) is 0 Å². The summed E-state index contributed by atoms with van der Waals surface area (Å²) in [7, 11) is 0. The number of rotatable bonds is 3. The van der Waals surface area contributed by atoms with E-state index in [0.717, 1.165) is 24.8 Å². The topological polar surface area (TPSA) is 56.0 Å². The minimum Gasteiger partial charge on any atom is -0.319 e. The molecule has 2 N–H and O–H groups in total. The van der Waals surface area contributed by atoms with E-state index in [2.05, 4.69) is 11.9 Å². The number of nitrogens with two attached hydrogens (primary N) is 1. The van der Waals surface area contributed by atoms with E-state index in [1.165, 1.54) is 6.42 Å². The third-order valence-corrected chi connectivity index (χ3v) is 4.14. The highest BCUT2D eigenvalue weighted by Gasteiger charge is 2.37. The van der Waals surface area contributed by atoms with Crippen molar-refractivity contribution in [3.63, 3.8) is 0 Å². The quantitative estimate of drug-likeness (QED) is 0.915. The normalized spacial score (nSPS) is 28.1. The number of nitrogens with zero attached hydrogens (tertiary/aromatic N) is 1. The predicted molar refractivity (Wildman–Crippen MR) is 72.5 cm³/mol. The molecule has 1 aliphatic rings. The predicted octanol–water partition coefficient (Wildman–Crippen LogP) is 2.75. The Morgan fingerprint density at radius 1 is 1.67 bits per heavy atom. The molecule has 2 atom stereocenters. The second-order valence-corrected chi connectivity index (χ2v) is 5.83. The molecular weight excluding hydrogens is 248 g/mol. The number of hydrogen-bond donors (Lipinski definition) is 1.